The average molecular weight is 551 g/mol. The molecule has 0 saturated carbocycles. The Morgan fingerprint density at radius 2 is 1.92 bits per heavy atom. The highest BCUT2D eigenvalue weighted by Gasteiger charge is 2.35. The van der Waals surface area contributed by atoms with Gasteiger partial charge >= 0.3 is 0 Å². The van der Waals surface area contributed by atoms with E-state index in [4.69, 9.17) is 25.8 Å². The summed E-state index contributed by atoms with van der Waals surface area (Å²) < 4.78 is 12.6. The summed E-state index contributed by atoms with van der Waals surface area (Å²) in [6, 6.07) is 7.52. The summed E-state index contributed by atoms with van der Waals surface area (Å²) in [5.41, 5.74) is 2.22. The highest BCUT2D eigenvalue weighted by molar-refractivity contribution is 6.33. The number of likely N-dealkylation sites (N-methyl/N-ethyl adjacent to an activating group) is 1. The van der Waals surface area contributed by atoms with Gasteiger partial charge in [-0.15, -0.1) is 0 Å². The number of benzene rings is 1. The van der Waals surface area contributed by atoms with E-state index in [-0.39, 0.29) is 17.6 Å². The molecule has 204 valence electrons. The molecule has 12 heteroatoms. The van der Waals surface area contributed by atoms with Crippen LogP contribution in [0.4, 0.5) is 5.95 Å². The monoisotopic (exact) mass is 550 g/mol. The smallest absolute Gasteiger partial charge is 0.260 e. The molecule has 0 amide bonds. The van der Waals surface area contributed by atoms with E-state index in [0.717, 1.165) is 31.6 Å². The summed E-state index contributed by atoms with van der Waals surface area (Å²) in [6.45, 7) is 9.50. The van der Waals surface area contributed by atoms with E-state index < -0.39 is 0 Å². The second-order valence-corrected chi connectivity index (χ2v) is 10.5. The molecule has 1 aromatic carbocycles. The van der Waals surface area contributed by atoms with Crippen LogP contribution in [0.5, 0.6) is 0 Å². The molecule has 2 atom stereocenters. The number of fused-ring (bicyclic) bond motifs is 1. The SMILES string of the molecule is CCn1c(=O)c(-c2ccc(-c3noc(C)n3)cc2Cl)cc2cnc(NC3COC[C@@H]3N3CCN(C)CC3)nc21. The van der Waals surface area contributed by atoms with Crippen LogP contribution in [0.2, 0.25) is 5.02 Å². The van der Waals surface area contributed by atoms with Crippen molar-refractivity contribution in [1.82, 2.24) is 34.5 Å². The molecule has 4 aromatic rings. The summed E-state index contributed by atoms with van der Waals surface area (Å²) in [4.78, 5) is 32.1. The van der Waals surface area contributed by atoms with E-state index in [1.165, 1.54) is 0 Å². The maximum absolute atomic E-state index is 13.6. The molecule has 2 saturated heterocycles. The minimum Gasteiger partial charge on any atom is -0.378 e. The number of rotatable bonds is 6. The zero-order valence-electron chi connectivity index (χ0n) is 22.2. The molecule has 6 rings (SSSR count). The fraction of sp³-hybridized carbons (Fsp3) is 0.444. The number of anilines is 1. The van der Waals surface area contributed by atoms with Crippen LogP contribution < -0.4 is 10.9 Å². The van der Waals surface area contributed by atoms with Gasteiger partial charge in [-0.2, -0.15) is 9.97 Å². The Morgan fingerprint density at radius 1 is 1.10 bits per heavy atom. The molecular formula is C27H31ClN8O3. The van der Waals surface area contributed by atoms with E-state index >= 15 is 0 Å². The van der Waals surface area contributed by atoms with Crippen molar-refractivity contribution >= 4 is 28.6 Å². The molecule has 5 heterocycles. The Morgan fingerprint density at radius 3 is 2.64 bits per heavy atom. The van der Waals surface area contributed by atoms with Crippen molar-refractivity contribution in [2.75, 3.05) is 51.8 Å². The maximum Gasteiger partial charge on any atom is 0.260 e. The Kier molecular flexibility index (Phi) is 7.06. The van der Waals surface area contributed by atoms with Crippen molar-refractivity contribution in [2.45, 2.75) is 32.5 Å². The molecule has 2 aliphatic heterocycles. The summed E-state index contributed by atoms with van der Waals surface area (Å²) in [6.07, 6.45) is 1.75. The first-order valence-electron chi connectivity index (χ1n) is 13.2. The summed E-state index contributed by atoms with van der Waals surface area (Å²) in [7, 11) is 2.15. The van der Waals surface area contributed by atoms with Crippen LogP contribution in [0, 0.1) is 6.92 Å². The van der Waals surface area contributed by atoms with Crippen LogP contribution in [-0.2, 0) is 11.3 Å². The molecule has 2 aliphatic rings. The van der Waals surface area contributed by atoms with Crippen molar-refractivity contribution < 1.29 is 9.26 Å². The third-order valence-corrected chi connectivity index (χ3v) is 7.87. The van der Waals surface area contributed by atoms with E-state index in [1.807, 2.05) is 13.0 Å². The predicted molar refractivity (Wildman–Crippen MR) is 149 cm³/mol. The number of aryl methyl sites for hydroxylation is 2. The second-order valence-electron chi connectivity index (χ2n) is 10.1. The van der Waals surface area contributed by atoms with Crippen molar-refractivity contribution in [3.63, 3.8) is 0 Å². The van der Waals surface area contributed by atoms with E-state index in [2.05, 4.69) is 37.3 Å². The highest BCUT2D eigenvalue weighted by atomic mass is 35.5. The average Bonchev–Trinajstić information content (AvgIpc) is 3.58. The standard InChI is InChI=1S/C27H31ClN8O3/c1-4-36-25-18(11-20(26(36)37)19-6-5-17(12-21(19)28)24-30-16(2)39-33-24)13-29-27(32-25)31-22-14-38-15-23(22)35-9-7-34(3)8-10-35/h5-6,11-13,22-23H,4,7-10,14-15H2,1-3H3,(H,29,31,32)/t22?,23-/m0/s1. The van der Waals surface area contributed by atoms with Gasteiger partial charge in [0, 0.05) is 72.9 Å². The van der Waals surface area contributed by atoms with Gasteiger partial charge in [-0.05, 0) is 26.1 Å². The minimum atomic E-state index is -0.167. The van der Waals surface area contributed by atoms with Crippen LogP contribution in [0.3, 0.4) is 0 Å². The lowest BCUT2D eigenvalue weighted by molar-refractivity contribution is 0.0948. The van der Waals surface area contributed by atoms with Gasteiger partial charge in [0.05, 0.1) is 25.3 Å². The Hall–Kier alpha value is -3.38. The minimum absolute atomic E-state index is 0.0762. The quantitative estimate of drug-likeness (QED) is 0.384. The van der Waals surface area contributed by atoms with Gasteiger partial charge in [0.1, 0.15) is 5.65 Å². The van der Waals surface area contributed by atoms with Crippen molar-refractivity contribution in [3.8, 4) is 22.5 Å². The molecule has 0 aliphatic carbocycles. The molecule has 1 N–H and O–H groups in total. The number of nitrogens with zero attached hydrogens (tertiary/aromatic N) is 7. The third-order valence-electron chi connectivity index (χ3n) is 7.56. The van der Waals surface area contributed by atoms with Gasteiger partial charge in [-0.1, -0.05) is 28.9 Å². The van der Waals surface area contributed by atoms with Gasteiger partial charge in [0.25, 0.3) is 5.56 Å². The van der Waals surface area contributed by atoms with Gasteiger partial charge in [0.2, 0.25) is 17.7 Å². The number of ether oxygens (including phenoxy) is 1. The lowest BCUT2D eigenvalue weighted by Crippen LogP contribution is -2.54. The highest BCUT2D eigenvalue weighted by Crippen LogP contribution is 2.31. The molecule has 39 heavy (non-hydrogen) atoms. The van der Waals surface area contributed by atoms with Crippen molar-refractivity contribution in [1.29, 1.82) is 0 Å². The number of nitrogens with one attached hydrogen (secondary N) is 1. The number of halogens is 1. The van der Waals surface area contributed by atoms with E-state index in [0.29, 0.717) is 64.8 Å². The second kappa shape index (κ2) is 10.6. The Balaban J connectivity index is 1.30. The van der Waals surface area contributed by atoms with Crippen LogP contribution >= 0.6 is 11.6 Å². The van der Waals surface area contributed by atoms with Crippen LogP contribution in [0.25, 0.3) is 33.5 Å². The van der Waals surface area contributed by atoms with Crippen molar-refractivity contribution in [2.24, 2.45) is 0 Å². The number of hydrogen-bond acceptors (Lipinski definition) is 10. The Bertz CT molecular complexity index is 1560. The first-order chi connectivity index (χ1) is 18.9. The van der Waals surface area contributed by atoms with Crippen molar-refractivity contribution in [3.05, 3.63) is 51.7 Å². The third kappa shape index (κ3) is 5.03. The Labute approximate surface area is 230 Å². The molecular weight excluding hydrogens is 520 g/mol. The van der Waals surface area contributed by atoms with E-state index in [1.54, 1.807) is 35.9 Å². The molecule has 3 aromatic heterocycles. The summed E-state index contributed by atoms with van der Waals surface area (Å²) >= 11 is 6.65. The van der Waals surface area contributed by atoms with Crippen LogP contribution in [-0.4, -0.2) is 93.0 Å². The van der Waals surface area contributed by atoms with E-state index in [9.17, 15) is 4.79 Å². The van der Waals surface area contributed by atoms with Gasteiger partial charge in [0.15, 0.2) is 0 Å². The first-order valence-corrected chi connectivity index (χ1v) is 13.6. The molecule has 0 bridgehead atoms. The zero-order chi connectivity index (χ0) is 27.1. The predicted octanol–water partition coefficient (Wildman–Crippen LogP) is 2.92. The maximum atomic E-state index is 13.6. The van der Waals surface area contributed by atoms with Gasteiger partial charge in [-0.3, -0.25) is 14.3 Å². The molecule has 2 fully saturated rings. The summed E-state index contributed by atoms with van der Waals surface area (Å²) in [5.74, 6) is 1.40. The fourth-order valence-corrected chi connectivity index (χ4v) is 5.65. The summed E-state index contributed by atoms with van der Waals surface area (Å²) in [5, 5.41) is 8.61. The van der Waals surface area contributed by atoms with Crippen LogP contribution in [0.15, 0.2) is 39.8 Å². The lowest BCUT2D eigenvalue weighted by atomic mass is 10.0. The first kappa shape index (κ1) is 25.9. The fourth-order valence-electron chi connectivity index (χ4n) is 5.36. The largest absolute Gasteiger partial charge is 0.378 e. The number of pyridine rings is 1. The number of aromatic nitrogens is 5. The zero-order valence-corrected chi connectivity index (χ0v) is 23.0. The molecule has 11 nitrogen and oxygen atoms in total. The number of hydrogen-bond donors (Lipinski definition) is 1. The van der Waals surface area contributed by atoms with Crippen LogP contribution in [0.1, 0.15) is 12.8 Å². The van der Waals surface area contributed by atoms with Gasteiger partial charge < -0.3 is 19.5 Å². The topological polar surface area (TPSA) is 114 Å². The lowest BCUT2D eigenvalue weighted by Gasteiger charge is -2.38. The molecule has 1 unspecified atom stereocenters. The van der Waals surface area contributed by atoms with Gasteiger partial charge in [-0.25, -0.2) is 4.98 Å². The number of piperazine rings is 1. The molecule has 0 spiro atoms. The normalized spacial score (nSPS) is 20.6. The molecule has 0 radical (unpaired) electrons.